The van der Waals surface area contributed by atoms with E-state index in [1.54, 1.807) is 0 Å². The number of nitrogens with one attached hydrogen (secondary N) is 3. The van der Waals surface area contributed by atoms with Crippen LogP contribution < -0.4 is 16.0 Å². The maximum absolute atomic E-state index is 11.9. The predicted molar refractivity (Wildman–Crippen MR) is 72.3 cm³/mol. The molecule has 0 radical (unpaired) electrons. The molecule has 1 aromatic rings. The van der Waals surface area contributed by atoms with E-state index in [9.17, 15) is 4.79 Å². The molecule has 4 nitrogen and oxygen atoms in total. The highest BCUT2D eigenvalue weighted by molar-refractivity contribution is 5.82. The fraction of sp³-hybridized carbons (Fsp3) is 0.500. The van der Waals surface area contributed by atoms with Gasteiger partial charge in [-0.25, -0.2) is 0 Å². The van der Waals surface area contributed by atoms with Crippen molar-refractivity contribution in [3.63, 3.8) is 0 Å². The van der Waals surface area contributed by atoms with Crippen LogP contribution in [0.2, 0.25) is 0 Å². The normalized spacial score (nSPS) is 19.5. The number of piperazine rings is 1. The first kappa shape index (κ1) is 13.1. The lowest BCUT2D eigenvalue weighted by molar-refractivity contribution is -0.123. The number of amides is 1. The summed E-state index contributed by atoms with van der Waals surface area (Å²) in [7, 11) is 0. The van der Waals surface area contributed by atoms with Gasteiger partial charge in [-0.15, -0.1) is 0 Å². The third-order valence-electron chi connectivity index (χ3n) is 3.26. The lowest BCUT2D eigenvalue weighted by Crippen LogP contribution is -2.55. The minimum absolute atomic E-state index is 0.0711. The number of aryl methyl sites for hydroxylation is 1. The van der Waals surface area contributed by atoms with Crippen LogP contribution in [-0.2, 0) is 17.8 Å². The fourth-order valence-electron chi connectivity index (χ4n) is 2.04. The first-order chi connectivity index (χ1) is 8.79. The van der Waals surface area contributed by atoms with Crippen molar-refractivity contribution in [2.75, 3.05) is 19.6 Å². The molecular formula is C14H21N3O. The second-order valence-corrected chi connectivity index (χ2v) is 4.60. The van der Waals surface area contributed by atoms with Gasteiger partial charge in [0, 0.05) is 26.2 Å². The number of benzene rings is 1. The van der Waals surface area contributed by atoms with Crippen LogP contribution in [0.15, 0.2) is 24.3 Å². The first-order valence-corrected chi connectivity index (χ1v) is 6.59. The molecule has 1 aliphatic heterocycles. The first-order valence-electron chi connectivity index (χ1n) is 6.59. The van der Waals surface area contributed by atoms with Crippen molar-refractivity contribution < 1.29 is 4.79 Å². The Morgan fingerprint density at radius 3 is 2.61 bits per heavy atom. The Labute approximate surface area is 108 Å². The standard InChI is InChI=1S/C14H21N3O/c1-2-11-3-5-12(6-4-11)9-17-14(18)13-10-15-7-8-16-13/h3-6,13,15-16H,2,7-10H2,1H3,(H,17,18). The van der Waals surface area contributed by atoms with E-state index in [1.807, 2.05) is 0 Å². The van der Waals surface area contributed by atoms with Crippen LogP contribution in [0.1, 0.15) is 18.1 Å². The average molecular weight is 247 g/mol. The van der Waals surface area contributed by atoms with E-state index in [1.165, 1.54) is 5.56 Å². The van der Waals surface area contributed by atoms with Gasteiger partial charge in [-0.1, -0.05) is 31.2 Å². The molecule has 98 valence electrons. The van der Waals surface area contributed by atoms with Crippen LogP contribution in [0.3, 0.4) is 0 Å². The van der Waals surface area contributed by atoms with Crippen molar-refractivity contribution in [2.45, 2.75) is 25.9 Å². The SMILES string of the molecule is CCc1ccc(CNC(=O)C2CNCCN2)cc1. The Morgan fingerprint density at radius 2 is 2.00 bits per heavy atom. The van der Waals surface area contributed by atoms with Gasteiger partial charge in [-0.05, 0) is 17.5 Å². The maximum Gasteiger partial charge on any atom is 0.238 e. The summed E-state index contributed by atoms with van der Waals surface area (Å²) in [6.07, 6.45) is 1.05. The van der Waals surface area contributed by atoms with E-state index >= 15 is 0 Å². The van der Waals surface area contributed by atoms with Crippen molar-refractivity contribution in [1.82, 2.24) is 16.0 Å². The summed E-state index contributed by atoms with van der Waals surface area (Å²) in [5, 5.41) is 9.37. The molecule has 0 saturated carbocycles. The molecule has 4 heteroatoms. The number of carbonyl (C=O) groups excluding carboxylic acids is 1. The van der Waals surface area contributed by atoms with Gasteiger partial charge in [0.05, 0.1) is 6.04 Å². The van der Waals surface area contributed by atoms with Crippen molar-refractivity contribution >= 4 is 5.91 Å². The second-order valence-electron chi connectivity index (χ2n) is 4.60. The van der Waals surface area contributed by atoms with Crippen molar-refractivity contribution in [2.24, 2.45) is 0 Å². The van der Waals surface area contributed by atoms with Gasteiger partial charge in [0.25, 0.3) is 0 Å². The van der Waals surface area contributed by atoms with E-state index in [0.717, 1.165) is 25.1 Å². The Balaban J connectivity index is 1.80. The molecule has 18 heavy (non-hydrogen) atoms. The predicted octanol–water partition coefficient (Wildman–Crippen LogP) is 0.427. The molecule has 0 aliphatic carbocycles. The monoisotopic (exact) mass is 247 g/mol. The lowest BCUT2D eigenvalue weighted by Gasteiger charge is -2.23. The summed E-state index contributed by atoms with van der Waals surface area (Å²) < 4.78 is 0. The molecule has 1 fully saturated rings. The van der Waals surface area contributed by atoms with Gasteiger partial charge >= 0.3 is 0 Å². The molecule has 1 unspecified atom stereocenters. The highest BCUT2D eigenvalue weighted by atomic mass is 16.2. The lowest BCUT2D eigenvalue weighted by atomic mass is 10.1. The number of rotatable bonds is 4. The summed E-state index contributed by atoms with van der Waals surface area (Å²) in [5.74, 6) is 0.0711. The summed E-state index contributed by atoms with van der Waals surface area (Å²) >= 11 is 0. The fourth-order valence-corrected chi connectivity index (χ4v) is 2.04. The van der Waals surface area contributed by atoms with Gasteiger partial charge in [-0.3, -0.25) is 4.79 Å². The van der Waals surface area contributed by atoms with Crippen molar-refractivity contribution in [3.8, 4) is 0 Å². The number of hydrogen-bond donors (Lipinski definition) is 3. The van der Waals surface area contributed by atoms with Crippen LogP contribution in [0.25, 0.3) is 0 Å². The molecular weight excluding hydrogens is 226 g/mol. The zero-order chi connectivity index (χ0) is 12.8. The van der Waals surface area contributed by atoms with Crippen molar-refractivity contribution in [1.29, 1.82) is 0 Å². The largest absolute Gasteiger partial charge is 0.351 e. The second kappa shape index (κ2) is 6.52. The summed E-state index contributed by atoms with van der Waals surface area (Å²) in [6, 6.07) is 8.27. The Bertz CT molecular complexity index is 383. The van der Waals surface area contributed by atoms with Crippen LogP contribution in [0.5, 0.6) is 0 Å². The maximum atomic E-state index is 11.9. The molecule has 1 aliphatic rings. The van der Waals surface area contributed by atoms with Crippen LogP contribution >= 0.6 is 0 Å². The Morgan fingerprint density at radius 1 is 1.28 bits per heavy atom. The summed E-state index contributed by atoms with van der Waals surface area (Å²) in [6.45, 7) is 5.23. The summed E-state index contributed by atoms with van der Waals surface area (Å²) in [4.78, 5) is 11.9. The van der Waals surface area contributed by atoms with Gasteiger partial charge in [0.2, 0.25) is 5.91 Å². The average Bonchev–Trinajstić information content (AvgIpc) is 2.46. The molecule has 0 aromatic heterocycles. The van der Waals surface area contributed by atoms with Gasteiger partial charge in [-0.2, -0.15) is 0 Å². The smallest absolute Gasteiger partial charge is 0.238 e. The van der Waals surface area contributed by atoms with Crippen LogP contribution in [-0.4, -0.2) is 31.6 Å². The van der Waals surface area contributed by atoms with E-state index in [4.69, 9.17) is 0 Å². The summed E-state index contributed by atoms with van der Waals surface area (Å²) in [5.41, 5.74) is 2.47. The molecule has 1 amide bonds. The van der Waals surface area contributed by atoms with Gasteiger partial charge in [0.15, 0.2) is 0 Å². The van der Waals surface area contributed by atoms with Crippen LogP contribution in [0, 0.1) is 0 Å². The van der Waals surface area contributed by atoms with Crippen molar-refractivity contribution in [3.05, 3.63) is 35.4 Å². The highest BCUT2D eigenvalue weighted by Gasteiger charge is 2.19. The van der Waals surface area contributed by atoms with Crippen LogP contribution in [0.4, 0.5) is 0 Å². The van der Waals surface area contributed by atoms with E-state index in [2.05, 4.69) is 47.1 Å². The number of hydrogen-bond acceptors (Lipinski definition) is 3. The Hall–Kier alpha value is -1.39. The molecule has 1 heterocycles. The van der Waals surface area contributed by atoms with Gasteiger partial charge in [0.1, 0.15) is 0 Å². The van der Waals surface area contributed by atoms with Gasteiger partial charge < -0.3 is 16.0 Å². The van der Waals surface area contributed by atoms with E-state index < -0.39 is 0 Å². The third-order valence-corrected chi connectivity index (χ3v) is 3.26. The molecule has 0 spiro atoms. The van der Waals surface area contributed by atoms with E-state index in [0.29, 0.717) is 13.1 Å². The molecule has 1 aromatic carbocycles. The quantitative estimate of drug-likeness (QED) is 0.723. The van der Waals surface area contributed by atoms with E-state index in [-0.39, 0.29) is 11.9 Å². The molecule has 1 atom stereocenters. The molecule has 2 rings (SSSR count). The molecule has 3 N–H and O–H groups in total. The zero-order valence-corrected chi connectivity index (χ0v) is 10.8. The minimum atomic E-state index is -0.103. The molecule has 1 saturated heterocycles. The third kappa shape index (κ3) is 3.55. The Kier molecular flexibility index (Phi) is 4.73. The zero-order valence-electron chi connectivity index (χ0n) is 10.8. The topological polar surface area (TPSA) is 53.2 Å². The minimum Gasteiger partial charge on any atom is -0.351 e. The highest BCUT2D eigenvalue weighted by Crippen LogP contribution is 2.04. The molecule has 0 bridgehead atoms. The number of carbonyl (C=O) groups is 1.